The average molecular weight is 312 g/mol. The van der Waals surface area contributed by atoms with Gasteiger partial charge in [0.25, 0.3) is 0 Å². The van der Waals surface area contributed by atoms with Gasteiger partial charge in [0.1, 0.15) is 11.5 Å². The molecule has 1 N–H and O–H groups in total. The fraction of sp³-hybridized carbons (Fsp3) is 0.158. The molecule has 0 amide bonds. The van der Waals surface area contributed by atoms with Crippen LogP contribution in [0.1, 0.15) is 11.3 Å². The Bertz CT molecular complexity index is 704. The minimum atomic E-state index is 0.737. The predicted octanol–water partition coefficient (Wildman–Crippen LogP) is 4.93. The molecule has 0 radical (unpaired) electrons. The van der Waals surface area contributed by atoms with E-state index in [1.165, 1.54) is 5.56 Å². The first-order valence-electron chi connectivity index (χ1n) is 7.40. The average Bonchev–Trinajstić information content (AvgIpc) is 3.03. The van der Waals surface area contributed by atoms with Crippen molar-refractivity contribution in [1.29, 1.82) is 0 Å². The summed E-state index contributed by atoms with van der Waals surface area (Å²) in [5.41, 5.74) is 2.39. The van der Waals surface area contributed by atoms with E-state index in [4.69, 9.17) is 16.0 Å². The van der Waals surface area contributed by atoms with Crippen molar-refractivity contribution in [3.8, 4) is 11.3 Å². The fourth-order valence-electron chi connectivity index (χ4n) is 2.33. The lowest BCUT2D eigenvalue weighted by Crippen LogP contribution is -2.16. The molecule has 0 aliphatic carbocycles. The number of hydrogen-bond donors (Lipinski definition) is 1. The summed E-state index contributed by atoms with van der Waals surface area (Å²) in [4.78, 5) is 0. The molecule has 0 aliphatic rings. The van der Waals surface area contributed by atoms with Crippen LogP contribution < -0.4 is 5.32 Å². The molecule has 3 aromatic rings. The van der Waals surface area contributed by atoms with Gasteiger partial charge in [-0.25, -0.2) is 0 Å². The van der Waals surface area contributed by atoms with Gasteiger partial charge in [-0.1, -0.05) is 54.1 Å². The third-order valence-corrected chi connectivity index (χ3v) is 3.77. The lowest BCUT2D eigenvalue weighted by Gasteiger charge is -2.03. The summed E-state index contributed by atoms with van der Waals surface area (Å²) in [6.07, 6.45) is 0.976. The van der Waals surface area contributed by atoms with Crippen LogP contribution in [-0.4, -0.2) is 6.54 Å². The zero-order chi connectivity index (χ0) is 15.2. The van der Waals surface area contributed by atoms with Crippen LogP contribution >= 0.6 is 11.6 Å². The highest BCUT2D eigenvalue weighted by atomic mass is 35.5. The Morgan fingerprint density at radius 1 is 0.864 bits per heavy atom. The third-order valence-electron chi connectivity index (χ3n) is 3.52. The van der Waals surface area contributed by atoms with Crippen LogP contribution in [0.4, 0.5) is 0 Å². The quantitative estimate of drug-likeness (QED) is 0.653. The molecule has 0 aliphatic heterocycles. The van der Waals surface area contributed by atoms with Gasteiger partial charge in [-0.3, -0.25) is 0 Å². The van der Waals surface area contributed by atoms with Crippen molar-refractivity contribution in [2.75, 3.05) is 6.54 Å². The second-order valence-corrected chi connectivity index (χ2v) is 5.62. The first-order chi connectivity index (χ1) is 10.8. The molecular formula is C19H18ClNO. The maximum absolute atomic E-state index is 5.88. The van der Waals surface area contributed by atoms with Crippen molar-refractivity contribution in [2.24, 2.45) is 0 Å². The van der Waals surface area contributed by atoms with Crippen LogP contribution in [0.2, 0.25) is 5.02 Å². The summed E-state index contributed by atoms with van der Waals surface area (Å²) in [5, 5.41) is 4.18. The SMILES string of the molecule is Clc1ccc(CCNCc2ccc(-c3ccccc3)o2)cc1. The Hall–Kier alpha value is -2.03. The highest BCUT2D eigenvalue weighted by Gasteiger charge is 2.03. The highest BCUT2D eigenvalue weighted by Crippen LogP contribution is 2.21. The van der Waals surface area contributed by atoms with E-state index >= 15 is 0 Å². The maximum atomic E-state index is 5.88. The molecule has 1 heterocycles. The van der Waals surface area contributed by atoms with Crippen molar-refractivity contribution in [3.63, 3.8) is 0 Å². The molecule has 0 saturated heterocycles. The minimum absolute atomic E-state index is 0.737. The molecule has 2 aromatic carbocycles. The van der Waals surface area contributed by atoms with Gasteiger partial charge in [0, 0.05) is 10.6 Å². The lowest BCUT2D eigenvalue weighted by molar-refractivity contribution is 0.495. The normalized spacial score (nSPS) is 10.8. The number of hydrogen-bond acceptors (Lipinski definition) is 2. The summed E-state index contributed by atoms with van der Waals surface area (Å²) in [5.74, 6) is 1.87. The second kappa shape index (κ2) is 7.30. The van der Waals surface area contributed by atoms with Gasteiger partial charge < -0.3 is 9.73 Å². The Labute approximate surface area is 135 Å². The molecule has 0 atom stereocenters. The van der Waals surface area contributed by atoms with Crippen LogP contribution in [-0.2, 0) is 13.0 Å². The number of rotatable bonds is 6. The van der Waals surface area contributed by atoms with Crippen molar-refractivity contribution < 1.29 is 4.42 Å². The minimum Gasteiger partial charge on any atom is -0.460 e. The molecular weight excluding hydrogens is 294 g/mol. The van der Waals surface area contributed by atoms with Crippen molar-refractivity contribution in [3.05, 3.63) is 83.1 Å². The van der Waals surface area contributed by atoms with Crippen LogP contribution in [0.25, 0.3) is 11.3 Å². The Kier molecular flexibility index (Phi) is 4.94. The molecule has 0 saturated carbocycles. The molecule has 112 valence electrons. The smallest absolute Gasteiger partial charge is 0.134 e. The molecule has 2 nitrogen and oxygen atoms in total. The zero-order valence-electron chi connectivity index (χ0n) is 12.3. The van der Waals surface area contributed by atoms with Gasteiger partial charge in [0.2, 0.25) is 0 Å². The van der Waals surface area contributed by atoms with Gasteiger partial charge >= 0.3 is 0 Å². The molecule has 1 aromatic heterocycles. The molecule has 3 heteroatoms. The van der Waals surface area contributed by atoms with E-state index in [2.05, 4.69) is 29.6 Å². The number of furan rings is 1. The largest absolute Gasteiger partial charge is 0.460 e. The van der Waals surface area contributed by atoms with Crippen molar-refractivity contribution in [1.82, 2.24) is 5.32 Å². The van der Waals surface area contributed by atoms with E-state index in [1.54, 1.807) is 0 Å². The molecule has 22 heavy (non-hydrogen) atoms. The van der Waals surface area contributed by atoms with E-state index in [0.717, 1.165) is 41.6 Å². The predicted molar refractivity (Wildman–Crippen MR) is 91.0 cm³/mol. The van der Waals surface area contributed by atoms with E-state index in [0.29, 0.717) is 0 Å². The van der Waals surface area contributed by atoms with E-state index in [-0.39, 0.29) is 0 Å². The molecule has 0 spiro atoms. The summed E-state index contributed by atoms with van der Waals surface area (Å²) in [7, 11) is 0. The zero-order valence-corrected chi connectivity index (χ0v) is 13.0. The molecule has 0 fully saturated rings. The van der Waals surface area contributed by atoms with Crippen molar-refractivity contribution in [2.45, 2.75) is 13.0 Å². The summed E-state index contributed by atoms with van der Waals surface area (Å²) < 4.78 is 5.86. The molecule has 0 unspecified atom stereocenters. The Morgan fingerprint density at radius 2 is 1.64 bits per heavy atom. The van der Waals surface area contributed by atoms with Crippen LogP contribution in [0.3, 0.4) is 0 Å². The highest BCUT2D eigenvalue weighted by molar-refractivity contribution is 6.30. The molecule has 0 bridgehead atoms. The monoisotopic (exact) mass is 311 g/mol. The van der Waals surface area contributed by atoms with Gasteiger partial charge in [0.15, 0.2) is 0 Å². The van der Waals surface area contributed by atoms with Crippen LogP contribution in [0, 0.1) is 0 Å². The summed E-state index contributed by atoms with van der Waals surface area (Å²) in [6, 6.07) is 22.2. The lowest BCUT2D eigenvalue weighted by atomic mass is 10.1. The first kappa shape index (κ1) is 14.9. The van der Waals surface area contributed by atoms with E-state index < -0.39 is 0 Å². The van der Waals surface area contributed by atoms with Gasteiger partial charge in [-0.15, -0.1) is 0 Å². The maximum Gasteiger partial charge on any atom is 0.134 e. The Balaban J connectivity index is 1.48. The second-order valence-electron chi connectivity index (χ2n) is 5.19. The Morgan fingerprint density at radius 3 is 2.41 bits per heavy atom. The third kappa shape index (κ3) is 4.00. The molecule has 3 rings (SSSR count). The number of halogens is 1. The van der Waals surface area contributed by atoms with Crippen molar-refractivity contribution >= 4 is 11.6 Å². The van der Waals surface area contributed by atoms with Gasteiger partial charge in [-0.2, -0.15) is 0 Å². The summed E-state index contributed by atoms with van der Waals surface area (Å²) >= 11 is 5.88. The van der Waals surface area contributed by atoms with Crippen LogP contribution in [0.5, 0.6) is 0 Å². The van der Waals surface area contributed by atoms with Gasteiger partial charge in [-0.05, 0) is 42.8 Å². The number of nitrogens with one attached hydrogen (secondary N) is 1. The standard InChI is InChI=1S/C19H18ClNO/c20-17-8-6-15(7-9-17)12-13-21-14-18-10-11-19(22-18)16-4-2-1-3-5-16/h1-11,21H,12-14H2. The van der Waals surface area contributed by atoms with Crippen LogP contribution in [0.15, 0.2) is 71.1 Å². The fourth-order valence-corrected chi connectivity index (χ4v) is 2.45. The number of benzene rings is 2. The topological polar surface area (TPSA) is 25.2 Å². The van der Waals surface area contributed by atoms with E-state index in [1.807, 2.05) is 42.5 Å². The first-order valence-corrected chi connectivity index (χ1v) is 7.78. The van der Waals surface area contributed by atoms with E-state index in [9.17, 15) is 0 Å². The summed E-state index contributed by atoms with van der Waals surface area (Å²) in [6.45, 7) is 1.64. The van der Waals surface area contributed by atoms with Gasteiger partial charge in [0.05, 0.1) is 6.54 Å².